The molecule has 39 heavy (non-hydrogen) atoms. The van der Waals surface area contributed by atoms with Gasteiger partial charge in [0.1, 0.15) is 5.58 Å². The van der Waals surface area contributed by atoms with Gasteiger partial charge in [-0.25, -0.2) is 0 Å². The molecule has 0 fully saturated rings. The van der Waals surface area contributed by atoms with E-state index in [1.54, 1.807) is 0 Å². The minimum Gasteiger partial charge on any atom is -0.453 e. The summed E-state index contributed by atoms with van der Waals surface area (Å²) < 4.78 is 6.54. The lowest BCUT2D eigenvalue weighted by Gasteiger charge is -2.21. The summed E-state index contributed by atoms with van der Waals surface area (Å²) in [4.78, 5) is 0. The second-order valence-corrected chi connectivity index (χ2v) is 11.1. The molecule has 1 N–H and O–H groups in total. The molecule has 7 aromatic rings. The molecule has 8 rings (SSSR count). The number of anilines is 2. The summed E-state index contributed by atoms with van der Waals surface area (Å²) in [6, 6.07) is 43.4. The molecule has 1 heterocycles. The number of hydrogen-bond donors (Lipinski definition) is 1. The third-order valence-corrected chi connectivity index (χ3v) is 8.45. The predicted octanol–water partition coefficient (Wildman–Crippen LogP) is 10.5. The van der Waals surface area contributed by atoms with Gasteiger partial charge in [-0.3, -0.25) is 0 Å². The molecule has 0 amide bonds. The van der Waals surface area contributed by atoms with Crippen LogP contribution in [0.4, 0.5) is 11.4 Å². The van der Waals surface area contributed by atoms with E-state index < -0.39 is 0 Å². The van der Waals surface area contributed by atoms with Crippen LogP contribution in [0.25, 0.3) is 55.0 Å². The van der Waals surface area contributed by atoms with E-state index in [2.05, 4.69) is 140 Å². The summed E-state index contributed by atoms with van der Waals surface area (Å²) in [7, 11) is 0. The Morgan fingerprint density at radius 3 is 2.23 bits per heavy atom. The second-order valence-electron chi connectivity index (χ2n) is 11.1. The maximum atomic E-state index is 6.54. The summed E-state index contributed by atoms with van der Waals surface area (Å²) in [5.41, 5.74) is 11.7. The van der Waals surface area contributed by atoms with Crippen LogP contribution in [-0.4, -0.2) is 0 Å². The van der Waals surface area contributed by atoms with Gasteiger partial charge in [0.25, 0.3) is 0 Å². The molecule has 0 atom stereocenters. The number of para-hydroxylation sites is 1. The van der Waals surface area contributed by atoms with Crippen LogP contribution in [0.1, 0.15) is 25.0 Å². The van der Waals surface area contributed by atoms with Crippen molar-refractivity contribution in [1.82, 2.24) is 0 Å². The Bertz CT molecular complexity index is 2080. The van der Waals surface area contributed by atoms with E-state index in [0.717, 1.165) is 38.7 Å². The van der Waals surface area contributed by atoms with E-state index in [1.165, 1.54) is 38.8 Å². The molecule has 0 spiro atoms. The first-order valence-corrected chi connectivity index (χ1v) is 13.5. The van der Waals surface area contributed by atoms with Crippen LogP contribution < -0.4 is 5.32 Å². The van der Waals surface area contributed by atoms with Crippen molar-refractivity contribution >= 4 is 44.1 Å². The lowest BCUT2D eigenvalue weighted by molar-refractivity contribution is 0.660. The number of furan rings is 1. The molecule has 0 saturated carbocycles. The lowest BCUT2D eigenvalue weighted by Crippen LogP contribution is -2.14. The van der Waals surface area contributed by atoms with E-state index in [4.69, 9.17) is 4.42 Å². The fraction of sp³-hybridized carbons (Fsp3) is 0.0811. The first kappa shape index (κ1) is 22.2. The summed E-state index contributed by atoms with van der Waals surface area (Å²) in [5, 5.41) is 8.26. The zero-order valence-corrected chi connectivity index (χ0v) is 22.0. The third kappa shape index (κ3) is 3.21. The number of benzene rings is 6. The molecular weight excluding hydrogens is 474 g/mol. The first-order chi connectivity index (χ1) is 19.1. The van der Waals surface area contributed by atoms with Gasteiger partial charge in [-0.05, 0) is 63.0 Å². The van der Waals surface area contributed by atoms with Gasteiger partial charge in [0.15, 0.2) is 5.58 Å². The van der Waals surface area contributed by atoms with Crippen LogP contribution in [0.15, 0.2) is 126 Å². The van der Waals surface area contributed by atoms with Crippen molar-refractivity contribution in [3.63, 3.8) is 0 Å². The normalized spacial score (nSPS) is 13.6. The minimum atomic E-state index is -0.0150. The molecule has 0 radical (unpaired) electrons. The Kier molecular flexibility index (Phi) is 4.60. The van der Waals surface area contributed by atoms with Crippen LogP contribution in [0.3, 0.4) is 0 Å². The molecule has 2 heteroatoms. The smallest absolute Gasteiger partial charge is 0.158 e. The SMILES string of the molecule is CC1(C)c2ccccc2-c2c(-c3cccc(Nc4cccc5c4oc4c6ccccc6ccc54)c3)cccc21. The van der Waals surface area contributed by atoms with Crippen LogP contribution in [-0.2, 0) is 5.41 Å². The van der Waals surface area contributed by atoms with Crippen LogP contribution >= 0.6 is 0 Å². The van der Waals surface area contributed by atoms with Crippen molar-refractivity contribution < 1.29 is 4.42 Å². The summed E-state index contributed by atoms with van der Waals surface area (Å²) in [6.07, 6.45) is 0. The fourth-order valence-corrected chi connectivity index (χ4v) is 6.54. The number of fused-ring (bicyclic) bond motifs is 8. The number of rotatable bonds is 3. The van der Waals surface area contributed by atoms with Gasteiger partial charge in [0.2, 0.25) is 0 Å². The largest absolute Gasteiger partial charge is 0.453 e. The highest BCUT2D eigenvalue weighted by atomic mass is 16.3. The average molecular weight is 502 g/mol. The fourth-order valence-electron chi connectivity index (χ4n) is 6.54. The molecule has 1 aliphatic rings. The summed E-state index contributed by atoms with van der Waals surface area (Å²) >= 11 is 0. The van der Waals surface area contributed by atoms with E-state index in [1.807, 2.05) is 0 Å². The predicted molar refractivity (Wildman–Crippen MR) is 164 cm³/mol. The molecule has 6 aromatic carbocycles. The molecule has 0 bridgehead atoms. The highest BCUT2D eigenvalue weighted by Crippen LogP contribution is 2.52. The summed E-state index contributed by atoms with van der Waals surface area (Å²) in [6.45, 7) is 4.66. The van der Waals surface area contributed by atoms with Crippen LogP contribution in [0.2, 0.25) is 0 Å². The van der Waals surface area contributed by atoms with E-state index in [-0.39, 0.29) is 5.41 Å². The van der Waals surface area contributed by atoms with Crippen LogP contribution in [0.5, 0.6) is 0 Å². The van der Waals surface area contributed by atoms with Crippen molar-refractivity contribution in [3.05, 3.63) is 132 Å². The monoisotopic (exact) mass is 501 g/mol. The van der Waals surface area contributed by atoms with E-state index >= 15 is 0 Å². The highest BCUT2D eigenvalue weighted by molar-refractivity contribution is 6.17. The van der Waals surface area contributed by atoms with E-state index in [0.29, 0.717) is 0 Å². The topological polar surface area (TPSA) is 25.2 Å². The first-order valence-electron chi connectivity index (χ1n) is 13.5. The van der Waals surface area contributed by atoms with Crippen molar-refractivity contribution in [3.8, 4) is 22.3 Å². The van der Waals surface area contributed by atoms with Crippen molar-refractivity contribution in [2.45, 2.75) is 19.3 Å². The molecule has 0 saturated heterocycles. The van der Waals surface area contributed by atoms with Gasteiger partial charge < -0.3 is 9.73 Å². The third-order valence-electron chi connectivity index (χ3n) is 8.45. The summed E-state index contributed by atoms with van der Waals surface area (Å²) in [5.74, 6) is 0. The van der Waals surface area contributed by atoms with Crippen molar-refractivity contribution in [1.29, 1.82) is 0 Å². The standard InChI is InChI=1S/C37H27NO/c1-37(2)31-17-6-5-14-30(31)34-26(15-8-18-32(34)37)24-11-7-12-25(22-24)38-33-19-9-16-28-29-21-20-23-10-3-4-13-27(23)35(29)39-36(28)33/h3-22,38H,1-2H3. The van der Waals surface area contributed by atoms with Gasteiger partial charge in [0.05, 0.1) is 5.69 Å². The molecule has 0 aliphatic heterocycles. The zero-order chi connectivity index (χ0) is 26.1. The Balaban J connectivity index is 1.24. The van der Waals surface area contributed by atoms with Crippen LogP contribution in [0, 0.1) is 0 Å². The highest BCUT2D eigenvalue weighted by Gasteiger charge is 2.36. The quantitative estimate of drug-likeness (QED) is 0.260. The number of hydrogen-bond acceptors (Lipinski definition) is 2. The molecule has 1 aliphatic carbocycles. The Hall–Kier alpha value is -4.82. The zero-order valence-electron chi connectivity index (χ0n) is 22.0. The van der Waals surface area contributed by atoms with Gasteiger partial charge in [-0.15, -0.1) is 0 Å². The molecular formula is C37H27NO. The molecule has 186 valence electrons. The van der Waals surface area contributed by atoms with Crippen molar-refractivity contribution in [2.24, 2.45) is 0 Å². The maximum absolute atomic E-state index is 6.54. The average Bonchev–Trinajstić information content (AvgIpc) is 3.47. The molecule has 2 nitrogen and oxygen atoms in total. The van der Waals surface area contributed by atoms with Gasteiger partial charge >= 0.3 is 0 Å². The molecule has 1 aromatic heterocycles. The van der Waals surface area contributed by atoms with Gasteiger partial charge in [-0.1, -0.05) is 111 Å². The van der Waals surface area contributed by atoms with Crippen molar-refractivity contribution in [2.75, 3.05) is 5.32 Å². The van der Waals surface area contributed by atoms with Gasteiger partial charge in [0, 0.05) is 27.3 Å². The second kappa shape index (κ2) is 8.09. The maximum Gasteiger partial charge on any atom is 0.158 e. The molecule has 0 unspecified atom stereocenters. The minimum absolute atomic E-state index is 0.0150. The lowest BCUT2D eigenvalue weighted by atomic mass is 9.82. The Morgan fingerprint density at radius 2 is 1.28 bits per heavy atom. The van der Waals surface area contributed by atoms with Gasteiger partial charge in [-0.2, -0.15) is 0 Å². The van der Waals surface area contributed by atoms with E-state index in [9.17, 15) is 0 Å². The number of nitrogens with one attached hydrogen (secondary N) is 1. The Labute approximate surface area is 227 Å². The Morgan fingerprint density at radius 1 is 0.564 bits per heavy atom.